The van der Waals surface area contributed by atoms with E-state index in [4.69, 9.17) is 30.5 Å². The number of carbonyl (C=O) groups excluding carboxylic acids is 2. The molecular formula is C21H22ClNO6. The fraction of sp³-hybridized carbons (Fsp3) is 0.238. The number of anilines is 1. The van der Waals surface area contributed by atoms with Gasteiger partial charge in [0.2, 0.25) is 0 Å². The van der Waals surface area contributed by atoms with Crippen LogP contribution < -0.4 is 19.5 Å². The van der Waals surface area contributed by atoms with Crippen molar-refractivity contribution in [1.29, 1.82) is 0 Å². The summed E-state index contributed by atoms with van der Waals surface area (Å²) in [6.07, 6.45) is 2.71. The van der Waals surface area contributed by atoms with Gasteiger partial charge in [0, 0.05) is 11.8 Å². The lowest BCUT2D eigenvalue weighted by atomic mass is 10.2. The zero-order valence-corrected chi connectivity index (χ0v) is 17.1. The summed E-state index contributed by atoms with van der Waals surface area (Å²) in [4.78, 5) is 23.8. The smallest absolute Gasteiger partial charge is 0.331 e. The molecule has 0 bridgehead atoms. The molecule has 2 aromatic rings. The van der Waals surface area contributed by atoms with Gasteiger partial charge in [-0.3, -0.25) is 4.79 Å². The van der Waals surface area contributed by atoms with Gasteiger partial charge in [-0.1, -0.05) is 11.6 Å². The second-order valence-corrected chi connectivity index (χ2v) is 6.09. The summed E-state index contributed by atoms with van der Waals surface area (Å²) in [5.74, 6) is 0.436. The van der Waals surface area contributed by atoms with Gasteiger partial charge in [0.05, 0.1) is 25.8 Å². The Morgan fingerprint density at radius 3 is 2.45 bits per heavy atom. The highest BCUT2D eigenvalue weighted by atomic mass is 35.5. The van der Waals surface area contributed by atoms with Crippen LogP contribution in [-0.2, 0) is 14.3 Å². The molecule has 1 N–H and O–H groups in total. The molecule has 154 valence electrons. The van der Waals surface area contributed by atoms with E-state index in [0.29, 0.717) is 40.1 Å². The minimum atomic E-state index is -0.667. The Hall–Kier alpha value is -3.19. The molecule has 1 amide bonds. The minimum absolute atomic E-state index is 0.352. The predicted molar refractivity (Wildman–Crippen MR) is 111 cm³/mol. The Labute approximate surface area is 174 Å². The highest BCUT2D eigenvalue weighted by Crippen LogP contribution is 2.36. The molecule has 0 unspecified atom stereocenters. The van der Waals surface area contributed by atoms with Crippen molar-refractivity contribution in [3.8, 4) is 17.2 Å². The van der Waals surface area contributed by atoms with Gasteiger partial charge >= 0.3 is 5.97 Å². The zero-order chi connectivity index (χ0) is 21.2. The third-order valence-electron chi connectivity index (χ3n) is 3.67. The Morgan fingerprint density at radius 1 is 1.10 bits per heavy atom. The molecule has 29 heavy (non-hydrogen) atoms. The Kier molecular flexibility index (Phi) is 8.36. The lowest BCUT2D eigenvalue weighted by Crippen LogP contribution is -2.20. The van der Waals surface area contributed by atoms with E-state index in [9.17, 15) is 9.59 Å². The quantitative estimate of drug-likeness (QED) is 0.489. The van der Waals surface area contributed by atoms with Crippen molar-refractivity contribution in [3.63, 3.8) is 0 Å². The highest BCUT2D eigenvalue weighted by molar-refractivity contribution is 6.32. The van der Waals surface area contributed by atoms with E-state index in [1.165, 1.54) is 19.3 Å². The number of rotatable bonds is 9. The van der Waals surface area contributed by atoms with E-state index >= 15 is 0 Å². The van der Waals surface area contributed by atoms with Crippen molar-refractivity contribution < 1.29 is 28.5 Å². The normalized spacial score (nSPS) is 10.5. The Balaban J connectivity index is 1.91. The Morgan fingerprint density at radius 2 is 1.83 bits per heavy atom. The van der Waals surface area contributed by atoms with Crippen molar-refractivity contribution in [2.45, 2.75) is 6.92 Å². The highest BCUT2D eigenvalue weighted by Gasteiger charge is 2.11. The van der Waals surface area contributed by atoms with E-state index < -0.39 is 18.5 Å². The van der Waals surface area contributed by atoms with Gasteiger partial charge in [-0.15, -0.1) is 0 Å². The summed E-state index contributed by atoms with van der Waals surface area (Å²) in [7, 11) is 3.05. The first-order valence-electron chi connectivity index (χ1n) is 8.75. The second-order valence-electron chi connectivity index (χ2n) is 5.68. The van der Waals surface area contributed by atoms with Crippen molar-refractivity contribution in [2.75, 3.05) is 32.8 Å². The van der Waals surface area contributed by atoms with Crippen molar-refractivity contribution in [2.24, 2.45) is 0 Å². The summed E-state index contributed by atoms with van der Waals surface area (Å²) >= 11 is 6.17. The summed E-state index contributed by atoms with van der Waals surface area (Å²) in [5, 5.41) is 2.97. The zero-order valence-electron chi connectivity index (χ0n) is 16.4. The average molecular weight is 420 g/mol. The summed E-state index contributed by atoms with van der Waals surface area (Å²) in [6.45, 7) is 1.86. The van der Waals surface area contributed by atoms with E-state index in [0.717, 1.165) is 0 Å². The van der Waals surface area contributed by atoms with Gasteiger partial charge in [-0.25, -0.2) is 4.79 Å². The van der Waals surface area contributed by atoms with Crippen LogP contribution in [0.5, 0.6) is 17.2 Å². The topological polar surface area (TPSA) is 83.1 Å². The molecule has 0 aromatic heterocycles. The molecule has 0 aliphatic rings. The molecule has 0 saturated carbocycles. The number of benzene rings is 2. The molecule has 0 fully saturated rings. The maximum absolute atomic E-state index is 11.9. The van der Waals surface area contributed by atoms with Crippen LogP contribution in [0.1, 0.15) is 12.5 Å². The molecule has 0 heterocycles. The van der Waals surface area contributed by atoms with Crippen molar-refractivity contribution in [3.05, 3.63) is 53.1 Å². The molecule has 2 aromatic carbocycles. The largest absolute Gasteiger partial charge is 0.497 e. The van der Waals surface area contributed by atoms with E-state index in [1.807, 2.05) is 6.92 Å². The number of amides is 1. The van der Waals surface area contributed by atoms with Crippen LogP contribution in [-0.4, -0.2) is 39.3 Å². The average Bonchev–Trinajstić information content (AvgIpc) is 2.71. The van der Waals surface area contributed by atoms with E-state index in [1.54, 1.807) is 43.5 Å². The molecule has 0 spiro atoms. The molecule has 2 rings (SSSR count). The van der Waals surface area contributed by atoms with Crippen LogP contribution in [0.4, 0.5) is 5.69 Å². The summed E-state index contributed by atoms with van der Waals surface area (Å²) < 4.78 is 20.7. The number of halogens is 1. The summed E-state index contributed by atoms with van der Waals surface area (Å²) in [6, 6.07) is 10.1. The second kappa shape index (κ2) is 11.0. The number of nitrogens with one attached hydrogen (secondary N) is 1. The number of carbonyl (C=O) groups is 2. The van der Waals surface area contributed by atoms with E-state index in [-0.39, 0.29) is 0 Å². The van der Waals surface area contributed by atoms with Gasteiger partial charge in [0.15, 0.2) is 18.1 Å². The van der Waals surface area contributed by atoms with Crippen LogP contribution in [0.3, 0.4) is 0 Å². The number of ether oxygens (including phenoxy) is 4. The van der Waals surface area contributed by atoms with Crippen molar-refractivity contribution >= 4 is 35.2 Å². The standard InChI is InChI=1S/C21H22ClNO6/c1-4-28-18-12-14(11-17(22)21(18)27-3)5-10-20(25)29-13-19(24)23-15-6-8-16(26-2)9-7-15/h5-12H,4,13H2,1-3H3,(H,23,24)/b10-5+. The maximum Gasteiger partial charge on any atom is 0.331 e. The third kappa shape index (κ3) is 6.73. The molecule has 0 radical (unpaired) electrons. The SMILES string of the molecule is CCOc1cc(/C=C/C(=O)OCC(=O)Nc2ccc(OC)cc2)cc(Cl)c1OC. The molecular weight excluding hydrogens is 398 g/mol. The van der Waals surface area contributed by atoms with Gasteiger partial charge in [-0.05, 0) is 55.0 Å². The van der Waals surface area contributed by atoms with E-state index in [2.05, 4.69) is 5.32 Å². The number of esters is 1. The van der Waals surface area contributed by atoms with Crippen LogP contribution in [0.25, 0.3) is 6.08 Å². The lowest BCUT2D eigenvalue weighted by molar-refractivity contribution is -0.142. The molecule has 0 saturated heterocycles. The van der Waals surface area contributed by atoms with Crippen LogP contribution in [0.15, 0.2) is 42.5 Å². The van der Waals surface area contributed by atoms with Gasteiger partial charge in [0.25, 0.3) is 5.91 Å². The molecule has 0 aliphatic heterocycles. The third-order valence-corrected chi connectivity index (χ3v) is 3.95. The van der Waals surface area contributed by atoms with Crippen LogP contribution in [0, 0.1) is 0 Å². The fourth-order valence-corrected chi connectivity index (χ4v) is 2.66. The number of methoxy groups -OCH3 is 2. The van der Waals surface area contributed by atoms with Crippen molar-refractivity contribution in [1.82, 2.24) is 0 Å². The molecule has 8 heteroatoms. The fourth-order valence-electron chi connectivity index (χ4n) is 2.37. The lowest BCUT2D eigenvalue weighted by Gasteiger charge is -2.11. The first-order valence-corrected chi connectivity index (χ1v) is 9.13. The predicted octanol–water partition coefficient (Wildman–Crippen LogP) is 3.95. The molecule has 7 nitrogen and oxygen atoms in total. The molecule has 0 atom stereocenters. The first-order chi connectivity index (χ1) is 14.0. The first kappa shape index (κ1) is 22.1. The van der Waals surface area contributed by atoms with Gasteiger partial charge in [0.1, 0.15) is 5.75 Å². The number of hydrogen-bond acceptors (Lipinski definition) is 6. The van der Waals surface area contributed by atoms with Crippen LogP contribution in [0.2, 0.25) is 5.02 Å². The summed E-state index contributed by atoms with van der Waals surface area (Å²) in [5.41, 5.74) is 1.19. The van der Waals surface area contributed by atoms with Gasteiger partial charge in [-0.2, -0.15) is 0 Å². The maximum atomic E-state index is 11.9. The van der Waals surface area contributed by atoms with Gasteiger partial charge < -0.3 is 24.3 Å². The minimum Gasteiger partial charge on any atom is -0.497 e. The Bertz CT molecular complexity index is 879. The monoisotopic (exact) mass is 419 g/mol. The van der Waals surface area contributed by atoms with Crippen LogP contribution >= 0.6 is 11.6 Å². The molecule has 0 aliphatic carbocycles. The number of hydrogen-bond donors (Lipinski definition) is 1.